The third-order valence-electron chi connectivity index (χ3n) is 1.21. The van der Waals surface area contributed by atoms with Crippen LogP contribution in [0.3, 0.4) is 0 Å². The van der Waals surface area contributed by atoms with E-state index in [2.05, 4.69) is 0 Å². The molecule has 0 aromatic heterocycles. The highest BCUT2D eigenvalue weighted by Crippen LogP contribution is 2.01. The molecule has 0 saturated heterocycles. The van der Waals surface area contributed by atoms with Crippen LogP contribution in [0.4, 0.5) is 0 Å². The fourth-order valence-electron chi connectivity index (χ4n) is 0.558. The summed E-state index contributed by atoms with van der Waals surface area (Å²) in [6, 6.07) is 0. The van der Waals surface area contributed by atoms with Gasteiger partial charge in [0.1, 0.15) is 0 Å². The molecular weight excluding hydrogens is 100 g/mol. The fraction of sp³-hybridized carbons (Fsp3) is 0.857. The monoisotopic (exact) mass is 114 g/mol. The SMILES string of the molecule is [CH]CCCC(O)CC. The first-order chi connectivity index (χ1) is 3.81. The molecule has 0 saturated carbocycles. The van der Waals surface area contributed by atoms with E-state index in [1.165, 1.54) is 0 Å². The Morgan fingerprint density at radius 3 is 2.62 bits per heavy atom. The summed E-state index contributed by atoms with van der Waals surface area (Å²) in [5.74, 6) is 0. The standard InChI is InChI=1S/C7H14O/c1-3-5-6-7(8)4-2/h1,7-8H,3-6H2,2H3. The average molecular weight is 114 g/mol. The first-order valence-corrected chi connectivity index (χ1v) is 3.19. The summed E-state index contributed by atoms with van der Waals surface area (Å²) >= 11 is 0. The molecule has 0 aromatic rings. The van der Waals surface area contributed by atoms with Crippen LogP contribution in [-0.2, 0) is 0 Å². The molecule has 0 rings (SSSR count). The summed E-state index contributed by atoms with van der Waals surface area (Å²) in [5.41, 5.74) is 0. The van der Waals surface area contributed by atoms with Crippen molar-refractivity contribution in [3.63, 3.8) is 0 Å². The van der Waals surface area contributed by atoms with Gasteiger partial charge in [0.2, 0.25) is 0 Å². The Morgan fingerprint density at radius 2 is 2.25 bits per heavy atom. The molecule has 1 nitrogen and oxygen atoms in total. The normalized spacial score (nSPS) is 13.9. The molecule has 0 aliphatic heterocycles. The Morgan fingerprint density at radius 1 is 1.62 bits per heavy atom. The summed E-state index contributed by atoms with van der Waals surface area (Å²) in [5, 5.41) is 8.93. The Labute approximate surface area is 51.7 Å². The molecule has 1 N–H and O–H groups in total. The molecule has 0 bridgehead atoms. The van der Waals surface area contributed by atoms with Crippen molar-refractivity contribution in [3.05, 3.63) is 6.92 Å². The van der Waals surface area contributed by atoms with Crippen molar-refractivity contribution in [1.82, 2.24) is 0 Å². The Bertz CT molecular complexity index is 43.7. The topological polar surface area (TPSA) is 20.2 Å². The molecule has 48 valence electrons. The van der Waals surface area contributed by atoms with Crippen LogP contribution in [0.2, 0.25) is 0 Å². The van der Waals surface area contributed by atoms with Crippen LogP contribution in [0.5, 0.6) is 0 Å². The number of rotatable bonds is 4. The maximum absolute atomic E-state index is 8.93. The average Bonchev–Trinajstić information content (AvgIpc) is 1.83. The number of aliphatic hydroxyl groups excluding tert-OH is 1. The lowest BCUT2D eigenvalue weighted by Crippen LogP contribution is -2.02. The molecule has 0 spiro atoms. The number of hydrogen-bond acceptors (Lipinski definition) is 1. The van der Waals surface area contributed by atoms with Crippen molar-refractivity contribution in [2.45, 2.75) is 38.7 Å². The minimum atomic E-state index is -0.126. The smallest absolute Gasteiger partial charge is 0.0537 e. The summed E-state index contributed by atoms with van der Waals surface area (Å²) in [4.78, 5) is 0. The van der Waals surface area contributed by atoms with E-state index in [0.717, 1.165) is 19.3 Å². The third kappa shape index (κ3) is 4.13. The number of aliphatic hydroxyl groups is 1. The van der Waals surface area contributed by atoms with Crippen molar-refractivity contribution in [3.8, 4) is 0 Å². The van der Waals surface area contributed by atoms with E-state index in [-0.39, 0.29) is 6.10 Å². The van der Waals surface area contributed by atoms with Crippen molar-refractivity contribution >= 4 is 0 Å². The van der Waals surface area contributed by atoms with E-state index in [4.69, 9.17) is 12.0 Å². The van der Waals surface area contributed by atoms with Gasteiger partial charge in [-0.05, 0) is 26.2 Å². The zero-order valence-electron chi connectivity index (χ0n) is 5.43. The van der Waals surface area contributed by atoms with Crippen LogP contribution < -0.4 is 0 Å². The molecule has 0 amide bonds. The fourth-order valence-corrected chi connectivity index (χ4v) is 0.558. The lowest BCUT2D eigenvalue weighted by Gasteiger charge is -2.03. The van der Waals surface area contributed by atoms with Gasteiger partial charge in [-0.2, -0.15) is 0 Å². The summed E-state index contributed by atoms with van der Waals surface area (Å²) in [6.07, 6.45) is 3.21. The summed E-state index contributed by atoms with van der Waals surface area (Å²) in [7, 11) is 0. The second-order valence-electron chi connectivity index (χ2n) is 1.99. The molecule has 0 aliphatic rings. The second-order valence-corrected chi connectivity index (χ2v) is 1.99. The van der Waals surface area contributed by atoms with Crippen LogP contribution in [0.25, 0.3) is 0 Å². The summed E-state index contributed by atoms with van der Waals surface area (Å²) in [6.45, 7) is 7.19. The van der Waals surface area contributed by atoms with E-state index in [1.807, 2.05) is 6.92 Å². The molecule has 1 unspecified atom stereocenters. The van der Waals surface area contributed by atoms with Gasteiger partial charge in [-0.3, -0.25) is 0 Å². The molecule has 0 aliphatic carbocycles. The molecule has 0 heterocycles. The lowest BCUT2D eigenvalue weighted by molar-refractivity contribution is 0.158. The summed E-state index contributed by atoms with van der Waals surface area (Å²) < 4.78 is 0. The largest absolute Gasteiger partial charge is 0.393 e. The zero-order chi connectivity index (χ0) is 6.41. The van der Waals surface area contributed by atoms with Crippen molar-refractivity contribution in [2.75, 3.05) is 0 Å². The third-order valence-corrected chi connectivity index (χ3v) is 1.21. The van der Waals surface area contributed by atoms with Gasteiger partial charge in [0, 0.05) is 0 Å². The Hall–Kier alpha value is -0.0400. The van der Waals surface area contributed by atoms with Gasteiger partial charge in [-0.15, -0.1) is 0 Å². The van der Waals surface area contributed by atoms with Gasteiger partial charge in [-0.25, -0.2) is 0 Å². The molecule has 1 heteroatoms. The van der Waals surface area contributed by atoms with Gasteiger partial charge < -0.3 is 5.11 Å². The zero-order valence-corrected chi connectivity index (χ0v) is 5.43. The molecule has 0 fully saturated rings. The van der Waals surface area contributed by atoms with Gasteiger partial charge in [0.05, 0.1) is 6.10 Å². The van der Waals surface area contributed by atoms with E-state index in [9.17, 15) is 0 Å². The highest BCUT2D eigenvalue weighted by Gasteiger charge is 1.96. The highest BCUT2D eigenvalue weighted by atomic mass is 16.3. The van der Waals surface area contributed by atoms with Gasteiger partial charge in [0.25, 0.3) is 0 Å². The van der Waals surface area contributed by atoms with E-state index in [1.54, 1.807) is 0 Å². The minimum absolute atomic E-state index is 0.126. The predicted octanol–water partition coefficient (Wildman–Crippen LogP) is 1.64. The molecule has 2 radical (unpaired) electrons. The lowest BCUT2D eigenvalue weighted by atomic mass is 10.1. The number of unbranched alkanes of at least 4 members (excludes halogenated alkanes) is 1. The van der Waals surface area contributed by atoms with Crippen molar-refractivity contribution < 1.29 is 5.11 Å². The molecule has 8 heavy (non-hydrogen) atoms. The van der Waals surface area contributed by atoms with Crippen LogP contribution in [0.1, 0.15) is 32.6 Å². The number of hydrogen-bond donors (Lipinski definition) is 1. The first-order valence-electron chi connectivity index (χ1n) is 3.19. The maximum atomic E-state index is 8.93. The van der Waals surface area contributed by atoms with Gasteiger partial charge in [-0.1, -0.05) is 13.3 Å². The second kappa shape index (κ2) is 5.10. The molecule has 1 atom stereocenters. The van der Waals surface area contributed by atoms with Crippen LogP contribution in [0, 0.1) is 6.92 Å². The van der Waals surface area contributed by atoms with E-state index < -0.39 is 0 Å². The highest BCUT2D eigenvalue weighted by molar-refractivity contribution is 4.52. The van der Waals surface area contributed by atoms with Gasteiger partial charge >= 0.3 is 0 Å². The van der Waals surface area contributed by atoms with Crippen LogP contribution >= 0.6 is 0 Å². The van der Waals surface area contributed by atoms with E-state index >= 15 is 0 Å². The Kier molecular flexibility index (Phi) is 5.08. The quantitative estimate of drug-likeness (QED) is 0.589. The van der Waals surface area contributed by atoms with Gasteiger partial charge in [0.15, 0.2) is 0 Å². The molecule has 0 aromatic carbocycles. The van der Waals surface area contributed by atoms with Crippen LogP contribution in [0.15, 0.2) is 0 Å². The maximum Gasteiger partial charge on any atom is 0.0537 e. The molecular formula is C7H14O. The minimum Gasteiger partial charge on any atom is -0.393 e. The first kappa shape index (κ1) is 7.96. The predicted molar refractivity (Wildman–Crippen MR) is 34.4 cm³/mol. The Balaban J connectivity index is 2.86. The van der Waals surface area contributed by atoms with Crippen molar-refractivity contribution in [1.29, 1.82) is 0 Å². The van der Waals surface area contributed by atoms with E-state index in [0.29, 0.717) is 6.42 Å². The van der Waals surface area contributed by atoms with Crippen LogP contribution in [-0.4, -0.2) is 11.2 Å². The van der Waals surface area contributed by atoms with Crippen molar-refractivity contribution in [2.24, 2.45) is 0 Å².